The molecule has 1 rings (SSSR count). The molecule has 0 fully saturated rings. The Kier molecular flexibility index (Phi) is 6.90. The van der Waals surface area contributed by atoms with E-state index < -0.39 is 29.3 Å². The minimum absolute atomic E-state index is 0.0626. The molecule has 1 aromatic carbocycles. The Labute approximate surface area is 136 Å². The third-order valence-corrected chi connectivity index (χ3v) is 4.09. The zero-order chi connectivity index (χ0) is 16.9. The van der Waals surface area contributed by atoms with Crippen LogP contribution >= 0.6 is 15.9 Å². The molecule has 0 aliphatic carbocycles. The fourth-order valence-corrected chi connectivity index (χ4v) is 2.67. The maximum absolute atomic E-state index is 14.1. The minimum atomic E-state index is -1.47. The average Bonchev–Trinajstić information content (AvgIpc) is 2.47. The van der Waals surface area contributed by atoms with Crippen LogP contribution in [0.1, 0.15) is 31.7 Å². The first kappa shape index (κ1) is 19.0. The molecule has 22 heavy (non-hydrogen) atoms. The van der Waals surface area contributed by atoms with Crippen LogP contribution in [0.4, 0.5) is 8.78 Å². The van der Waals surface area contributed by atoms with E-state index in [0.29, 0.717) is 17.3 Å². The van der Waals surface area contributed by atoms with Crippen LogP contribution in [0.2, 0.25) is 0 Å². The Morgan fingerprint density at radius 1 is 1.36 bits per heavy atom. The summed E-state index contributed by atoms with van der Waals surface area (Å²) in [7, 11) is 2.67. The van der Waals surface area contributed by atoms with Crippen molar-refractivity contribution in [1.82, 2.24) is 0 Å². The van der Waals surface area contributed by atoms with Crippen molar-refractivity contribution in [2.75, 3.05) is 14.2 Å². The highest BCUT2D eigenvalue weighted by Crippen LogP contribution is 2.36. The molecule has 0 aliphatic heterocycles. The van der Waals surface area contributed by atoms with Crippen molar-refractivity contribution in [3.63, 3.8) is 0 Å². The average molecular weight is 381 g/mol. The summed E-state index contributed by atoms with van der Waals surface area (Å²) in [5.41, 5.74) is -0.0626. The van der Waals surface area contributed by atoms with E-state index in [1.54, 1.807) is 6.92 Å². The lowest BCUT2D eigenvalue weighted by Crippen LogP contribution is -2.32. The van der Waals surface area contributed by atoms with E-state index in [1.807, 2.05) is 0 Å². The van der Waals surface area contributed by atoms with Crippen LogP contribution in [0.3, 0.4) is 0 Å². The molecular formula is C15H19BrF2O4. The number of ether oxygens (including phenoxy) is 2. The quantitative estimate of drug-likeness (QED) is 0.545. The van der Waals surface area contributed by atoms with Crippen LogP contribution in [0, 0.1) is 17.6 Å². The number of rotatable bonds is 8. The normalized spacial score (nSPS) is 13.2. The van der Waals surface area contributed by atoms with Crippen molar-refractivity contribution < 1.29 is 28.2 Å². The number of carboxylic acids is 1. The highest BCUT2D eigenvalue weighted by atomic mass is 79.9. The van der Waals surface area contributed by atoms with Crippen LogP contribution in [0.25, 0.3) is 0 Å². The Hall–Kier alpha value is -1.05. The summed E-state index contributed by atoms with van der Waals surface area (Å²) in [6, 6.07) is 2.41. The zero-order valence-electron chi connectivity index (χ0n) is 12.7. The van der Waals surface area contributed by atoms with Gasteiger partial charge in [-0.25, -0.2) is 8.78 Å². The van der Waals surface area contributed by atoms with E-state index in [0.717, 1.165) is 6.07 Å². The number of hydrogen-bond donors (Lipinski definition) is 1. The molecule has 1 atom stereocenters. The number of aliphatic carboxylic acids is 1. The molecule has 0 unspecified atom stereocenters. The highest BCUT2D eigenvalue weighted by Gasteiger charge is 2.36. The van der Waals surface area contributed by atoms with Crippen LogP contribution in [0.5, 0.6) is 0 Å². The lowest BCUT2D eigenvalue weighted by molar-refractivity contribution is -0.223. The minimum Gasteiger partial charge on any atom is -0.481 e. The van der Waals surface area contributed by atoms with Crippen molar-refractivity contribution >= 4 is 21.9 Å². The van der Waals surface area contributed by atoms with Gasteiger partial charge in [0.2, 0.25) is 0 Å². The van der Waals surface area contributed by atoms with Gasteiger partial charge in [0.1, 0.15) is 0 Å². The van der Waals surface area contributed by atoms with Gasteiger partial charge in [-0.15, -0.1) is 0 Å². The van der Waals surface area contributed by atoms with Crippen LogP contribution < -0.4 is 0 Å². The summed E-state index contributed by atoms with van der Waals surface area (Å²) in [5.74, 6) is -4.96. The number of methoxy groups -OCH3 is 2. The predicted octanol–water partition coefficient (Wildman–Crippen LogP) is 4.06. The summed E-state index contributed by atoms with van der Waals surface area (Å²) >= 11 is 3.11. The molecule has 0 bridgehead atoms. The molecule has 1 aromatic rings. The Balaban J connectivity index is 3.03. The first-order valence-electron chi connectivity index (χ1n) is 6.75. The fraction of sp³-hybridized carbons (Fsp3) is 0.533. The lowest BCUT2D eigenvalue weighted by Gasteiger charge is -2.32. The van der Waals surface area contributed by atoms with Crippen LogP contribution in [-0.4, -0.2) is 25.3 Å². The number of carboxylic acid groups (broad SMARTS) is 1. The SMILES string of the molecule is COC(CCC[C@@H](C)C(=O)O)(OC)c1cc(Br)cc(F)c1F. The summed E-state index contributed by atoms with van der Waals surface area (Å²) in [5, 5.41) is 8.88. The zero-order valence-corrected chi connectivity index (χ0v) is 14.2. The maximum atomic E-state index is 14.1. The Morgan fingerprint density at radius 2 is 1.95 bits per heavy atom. The number of benzene rings is 1. The molecule has 0 saturated carbocycles. The van der Waals surface area contributed by atoms with Gasteiger partial charge in [-0.05, 0) is 25.0 Å². The highest BCUT2D eigenvalue weighted by molar-refractivity contribution is 9.10. The lowest BCUT2D eigenvalue weighted by atomic mass is 9.95. The van der Waals surface area contributed by atoms with Gasteiger partial charge in [0.15, 0.2) is 17.4 Å². The first-order valence-corrected chi connectivity index (χ1v) is 7.54. The van der Waals surface area contributed by atoms with E-state index in [1.165, 1.54) is 20.3 Å². The molecular weight excluding hydrogens is 362 g/mol. The molecule has 7 heteroatoms. The van der Waals surface area contributed by atoms with Crippen molar-refractivity contribution in [2.24, 2.45) is 5.92 Å². The van der Waals surface area contributed by atoms with Gasteiger partial charge in [0.25, 0.3) is 0 Å². The predicted molar refractivity (Wildman–Crippen MR) is 80.4 cm³/mol. The number of hydrogen-bond acceptors (Lipinski definition) is 3. The largest absolute Gasteiger partial charge is 0.481 e. The second-order valence-corrected chi connectivity index (χ2v) is 5.96. The summed E-state index contributed by atoms with van der Waals surface area (Å²) in [6.45, 7) is 1.59. The standard InChI is InChI=1S/C15H19BrF2O4/c1-9(14(19)20)5-4-6-15(21-2,22-3)11-7-10(16)8-12(17)13(11)18/h7-9H,4-6H2,1-3H3,(H,19,20)/t9-/m1/s1. The van der Waals surface area contributed by atoms with Gasteiger partial charge in [-0.1, -0.05) is 22.9 Å². The fourth-order valence-electron chi connectivity index (χ4n) is 2.24. The second kappa shape index (κ2) is 7.99. The molecule has 0 radical (unpaired) electrons. The summed E-state index contributed by atoms with van der Waals surface area (Å²) < 4.78 is 38.7. The van der Waals surface area contributed by atoms with Gasteiger partial charge in [0.05, 0.1) is 11.5 Å². The third kappa shape index (κ3) is 4.24. The first-order chi connectivity index (χ1) is 10.3. The van der Waals surface area contributed by atoms with Gasteiger partial charge in [-0.3, -0.25) is 4.79 Å². The van der Waals surface area contributed by atoms with E-state index >= 15 is 0 Å². The molecule has 0 heterocycles. The van der Waals surface area contributed by atoms with Crippen LogP contribution in [-0.2, 0) is 20.1 Å². The molecule has 0 spiro atoms. The van der Waals surface area contributed by atoms with Crippen molar-refractivity contribution in [3.05, 3.63) is 33.8 Å². The van der Waals surface area contributed by atoms with Crippen molar-refractivity contribution in [2.45, 2.75) is 32.0 Å². The third-order valence-electron chi connectivity index (χ3n) is 3.63. The van der Waals surface area contributed by atoms with Gasteiger partial charge in [0, 0.05) is 25.1 Å². The monoisotopic (exact) mass is 380 g/mol. The topological polar surface area (TPSA) is 55.8 Å². The van der Waals surface area contributed by atoms with E-state index in [9.17, 15) is 13.6 Å². The summed E-state index contributed by atoms with van der Waals surface area (Å²) in [4.78, 5) is 10.8. The van der Waals surface area contributed by atoms with Gasteiger partial charge >= 0.3 is 5.97 Å². The smallest absolute Gasteiger partial charge is 0.306 e. The van der Waals surface area contributed by atoms with Crippen LogP contribution in [0.15, 0.2) is 16.6 Å². The molecule has 4 nitrogen and oxygen atoms in total. The molecule has 0 aliphatic rings. The van der Waals surface area contributed by atoms with E-state index in [4.69, 9.17) is 14.6 Å². The Bertz CT molecular complexity index is 533. The number of halogens is 3. The van der Waals surface area contributed by atoms with Crippen molar-refractivity contribution in [3.8, 4) is 0 Å². The van der Waals surface area contributed by atoms with E-state index in [-0.39, 0.29) is 12.0 Å². The molecule has 0 aromatic heterocycles. The summed E-state index contributed by atoms with van der Waals surface area (Å²) in [6.07, 6.45) is 0.995. The maximum Gasteiger partial charge on any atom is 0.306 e. The van der Waals surface area contributed by atoms with E-state index in [2.05, 4.69) is 15.9 Å². The van der Waals surface area contributed by atoms with Gasteiger partial charge in [-0.2, -0.15) is 0 Å². The molecule has 124 valence electrons. The molecule has 0 saturated heterocycles. The van der Waals surface area contributed by atoms with Crippen molar-refractivity contribution in [1.29, 1.82) is 0 Å². The van der Waals surface area contributed by atoms with Gasteiger partial charge < -0.3 is 14.6 Å². The number of carbonyl (C=O) groups is 1. The molecule has 1 N–H and O–H groups in total. The Morgan fingerprint density at radius 3 is 2.45 bits per heavy atom. The molecule has 0 amide bonds. The second-order valence-electron chi connectivity index (χ2n) is 5.04.